The number of hydrogen-bond acceptors (Lipinski definition) is 3. The lowest BCUT2D eigenvalue weighted by Crippen LogP contribution is -2.37. The van der Waals surface area contributed by atoms with Gasteiger partial charge in [-0.25, -0.2) is 13.9 Å². The first-order valence-corrected chi connectivity index (χ1v) is 9.92. The summed E-state index contributed by atoms with van der Waals surface area (Å²) in [6.07, 6.45) is 7.90. The zero-order chi connectivity index (χ0) is 18.8. The summed E-state index contributed by atoms with van der Waals surface area (Å²) in [5, 5.41) is 0. The highest BCUT2D eigenvalue weighted by molar-refractivity contribution is 5.75. The van der Waals surface area contributed by atoms with Crippen LogP contribution in [-0.2, 0) is 29.5 Å². The second-order valence-electron chi connectivity index (χ2n) is 8.13. The van der Waals surface area contributed by atoms with Gasteiger partial charge in [-0.15, -0.1) is 0 Å². The van der Waals surface area contributed by atoms with Gasteiger partial charge in [0, 0.05) is 18.7 Å². The van der Waals surface area contributed by atoms with Gasteiger partial charge in [0.15, 0.2) is 17.6 Å². The van der Waals surface area contributed by atoms with Crippen LogP contribution in [0.15, 0.2) is 18.5 Å². The number of ether oxygens (including phenoxy) is 1. The Morgan fingerprint density at radius 1 is 1.42 bits per heavy atom. The zero-order valence-corrected chi connectivity index (χ0v) is 16.7. The Morgan fingerprint density at radius 3 is 2.88 bits per heavy atom. The van der Waals surface area contributed by atoms with Gasteiger partial charge in [-0.3, -0.25) is 4.98 Å². The van der Waals surface area contributed by atoms with E-state index < -0.39 is 0 Å². The quantitative estimate of drug-likeness (QED) is 0.608. The van der Waals surface area contributed by atoms with Crippen LogP contribution in [0.3, 0.4) is 0 Å². The van der Waals surface area contributed by atoms with Crippen LogP contribution in [0.2, 0.25) is 0 Å². The molecule has 0 aliphatic heterocycles. The Kier molecular flexibility index (Phi) is 5.64. The fraction of sp³-hybridized carbons (Fsp3) is 0.667. The highest BCUT2D eigenvalue weighted by atomic mass is 16.5. The Hall–Kier alpha value is -1.91. The van der Waals surface area contributed by atoms with Gasteiger partial charge in [0.05, 0.1) is 13.2 Å². The average Bonchev–Trinajstić information content (AvgIpc) is 2.86. The minimum Gasteiger partial charge on any atom is -0.459 e. The summed E-state index contributed by atoms with van der Waals surface area (Å²) in [6.45, 7) is 9.10. The fourth-order valence-electron chi connectivity index (χ4n) is 4.52. The van der Waals surface area contributed by atoms with Gasteiger partial charge < -0.3 is 4.74 Å². The fourth-order valence-corrected chi connectivity index (χ4v) is 4.52. The lowest BCUT2D eigenvalue weighted by Gasteiger charge is -2.36. The molecule has 1 aliphatic rings. The number of hydrogen-bond donors (Lipinski definition) is 0. The van der Waals surface area contributed by atoms with Crippen LogP contribution in [0.5, 0.6) is 0 Å². The largest absolute Gasteiger partial charge is 0.459 e. The van der Waals surface area contributed by atoms with Crippen molar-refractivity contribution >= 4 is 17.0 Å². The van der Waals surface area contributed by atoms with Crippen molar-refractivity contribution in [2.24, 2.45) is 24.8 Å². The molecule has 0 spiro atoms. The zero-order valence-electron chi connectivity index (χ0n) is 16.7. The summed E-state index contributed by atoms with van der Waals surface area (Å²) < 4.78 is 10.2. The number of fused-ring (bicyclic) bond motifs is 1. The highest BCUT2D eigenvalue weighted by Crippen LogP contribution is 2.35. The van der Waals surface area contributed by atoms with Crippen molar-refractivity contribution in [1.82, 2.24) is 9.55 Å². The van der Waals surface area contributed by atoms with Crippen LogP contribution >= 0.6 is 0 Å². The predicted molar refractivity (Wildman–Crippen MR) is 102 cm³/mol. The molecule has 0 N–H and O–H groups in total. The smallest absolute Gasteiger partial charge is 0.348 e. The number of aryl methyl sites for hydroxylation is 1. The van der Waals surface area contributed by atoms with E-state index in [1.807, 2.05) is 19.3 Å². The molecule has 3 atom stereocenters. The topological polar surface area (TPSA) is 48.0 Å². The highest BCUT2D eigenvalue weighted by Gasteiger charge is 2.34. The number of aromatic nitrogens is 3. The van der Waals surface area contributed by atoms with Gasteiger partial charge in [-0.2, -0.15) is 0 Å². The summed E-state index contributed by atoms with van der Waals surface area (Å²) in [5.74, 6) is 2.62. The van der Waals surface area contributed by atoms with Crippen LogP contribution in [0.1, 0.15) is 52.8 Å². The van der Waals surface area contributed by atoms with E-state index in [4.69, 9.17) is 4.74 Å². The van der Waals surface area contributed by atoms with Gasteiger partial charge >= 0.3 is 5.97 Å². The number of rotatable bonds is 5. The van der Waals surface area contributed by atoms with E-state index in [1.54, 1.807) is 6.20 Å². The molecule has 0 aromatic carbocycles. The van der Waals surface area contributed by atoms with Crippen LogP contribution in [0.25, 0.3) is 11.0 Å². The van der Waals surface area contributed by atoms with E-state index >= 15 is 0 Å². The molecule has 1 unspecified atom stereocenters. The summed E-state index contributed by atoms with van der Waals surface area (Å²) >= 11 is 0. The molecule has 1 fully saturated rings. The maximum Gasteiger partial charge on any atom is 0.348 e. The van der Waals surface area contributed by atoms with E-state index in [1.165, 1.54) is 6.42 Å². The second-order valence-corrected chi connectivity index (χ2v) is 8.13. The Morgan fingerprint density at radius 2 is 2.19 bits per heavy atom. The second kappa shape index (κ2) is 7.77. The van der Waals surface area contributed by atoms with Gasteiger partial charge in [0.25, 0.3) is 5.82 Å². The van der Waals surface area contributed by atoms with Gasteiger partial charge in [0.2, 0.25) is 0 Å². The number of carbonyl (C=O) groups is 1. The molecule has 2 heterocycles. The molecule has 5 heteroatoms. The third kappa shape index (κ3) is 3.62. The van der Waals surface area contributed by atoms with Crippen LogP contribution < -0.4 is 4.57 Å². The van der Waals surface area contributed by atoms with Crippen molar-refractivity contribution in [3.8, 4) is 0 Å². The van der Waals surface area contributed by atoms with E-state index in [2.05, 4.69) is 41.8 Å². The molecule has 1 saturated carbocycles. The lowest BCUT2D eigenvalue weighted by atomic mass is 9.75. The average molecular weight is 359 g/mol. The molecular formula is C21H32N3O2+. The third-order valence-corrected chi connectivity index (χ3v) is 5.98. The number of imidazole rings is 1. The SMILES string of the molecule is CCc1n(CC(=O)OC2C[C@H](C)CC[C@H]2C(C)C)c2cnccc2[n+]1C. The van der Waals surface area contributed by atoms with E-state index in [0.717, 1.165) is 36.1 Å². The number of pyridine rings is 1. The van der Waals surface area contributed by atoms with E-state index in [-0.39, 0.29) is 18.6 Å². The molecule has 26 heavy (non-hydrogen) atoms. The first-order chi connectivity index (χ1) is 12.4. The summed E-state index contributed by atoms with van der Waals surface area (Å²) in [6, 6.07) is 1.99. The van der Waals surface area contributed by atoms with Crippen molar-refractivity contribution in [2.45, 2.75) is 66.0 Å². The van der Waals surface area contributed by atoms with Crippen LogP contribution in [0.4, 0.5) is 0 Å². The predicted octanol–water partition coefficient (Wildman–Crippen LogP) is 3.43. The van der Waals surface area contributed by atoms with Gasteiger partial charge in [-0.1, -0.05) is 34.1 Å². The van der Waals surface area contributed by atoms with E-state index in [9.17, 15) is 4.79 Å². The minimum absolute atomic E-state index is 0.0463. The lowest BCUT2D eigenvalue weighted by molar-refractivity contribution is -0.653. The maximum absolute atomic E-state index is 12.8. The van der Waals surface area contributed by atoms with Crippen molar-refractivity contribution in [2.75, 3.05) is 0 Å². The molecule has 5 nitrogen and oxygen atoms in total. The molecule has 142 valence electrons. The van der Waals surface area contributed by atoms with Crippen molar-refractivity contribution < 1.29 is 14.1 Å². The molecule has 2 aromatic rings. The van der Waals surface area contributed by atoms with Gasteiger partial charge in [-0.05, 0) is 30.6 Å². The third-order valence-electron chi connectivity index (χ3n) is 5.98. The minimum atomic E-state index is -0.134. The monoisotopic (exact) mass is 358 g/mol. The molecule has 1 aliphatic carbocycles. The molecule has 2 aromatic heterocycles. The summed E-state index contributed by atoms with van der Waals surface area (Å²) in [4.78, 5) is 17.0. The Balaban J connectivity index is 1.81. The first-order valence-electron chi connectivity index (χ1n) is 9.92. The molecule has 3 rings (SSSR count). The van der Waals surface area contributed by atoms with Crippen molar-refractivity contribution in [3.05, 3.63) is 24.3 Å². The number of carbonyl (C=O) groups excluding carboxylic acids is 1. The molecule has 0 bridgehead atoms. The Labute approximate surface area is 156 Å². The Bertz CT molecular complexity index is 781. The molecule has 0 amide bonds. The molecule has 0 saturated heterocycles. The number of nitrogens with zero attached hydrogens (tertiary/aromatic N) is 3. The molecule has 0 radical (unpaired) electrons. The maximum atomic E-state index is 12.8. The summed E-state index contributed by atoms with van der Waals surface area (Å²) in [7, 11) is 2.04. The normalized spacial score (nSPS) is 23.5. The van der Waals surface area contributed by atoms with E-state index in [0.29, 0.717) is 17.8 Å². The molecular weight excluding hydrogens is 326 g/mol. The number of esters is 1. The van der Waals surface area contributed by atoms with Gasteiger partial charge in [0.1, 0.15) is 6.10 Å². The first kappa shape index (κ1) is 18.9. The van der Waals surface area contributed by atoms with Crippen molar-refractivity contribution in [3.63, 3.8) is 0 Å². The van der Waals surface area contributed by atoms with Crippen LogP contribution in [0, 0.1) is 17.8 Å². The summed E-state index contributed by atoms with van der Waals surface area (Å²) in [5.41, 5.74) is 2.08. The van der Waals surface area contributed by atoms with Crippen LogP contribution in [-0.4, -0.2) is 21.6 Å². The van der Waals surface area contributed by atoms with Crippen molar-refractivity contribution in [1.29, 1.82) is 0 Å². The standard InChI is InChI=1S/C21H32N3O2/c1-6-20-23(5)17-9-10-22-12-18(17)24(20)13-21(25)26-19-11-15(4)7-8-16(19)14(2)3/h9-10,12,14-16,19H,6-8,11,13H2,1-5H3/q+1/t15-,16+,19?/m1/s1.